The van der Waals surface area contributed by atoms with E-state index in [4.69, 9.17) is 9.29 Å². The fourth-order valence-corrected chi connectivity index (χ4v) is 3.60. The van der Waals surface area contributed by atoms with Gasteiger partial charge in [-0.1, -0.05) is 48.0 Å². The molecule has 150 valence electrons. The molecule has 0 unspecified atom stereocenters. The Balaban J connectivity index is 0.000000178. The van der Waals surface area contributed by atoms with E-state index in [9.17, 15) is 13.2 Å². The molecule has 0 bridgehead atoms. The van der Waals surface area contributed by atoms with Crippen LogP contribution in [0.2, 0.25) is 0 Å². The van der Waals surface area contributed by atoms with Crippen molar-refractivity contribution >= 4 is 16.2 Å². The van der Waals surface area contributed by atoms with Crippen molar-refractivity contribution in [2.24, 2.45) is 5.92 Å². The number of aryl methyl sites for hydroxylation is 1. The third kappa shape index (κ3) is 5.31. The molecule has 2 heterocycles. The highest BCUT2D eigenvalue weighted by Gasteiger charge is 2.41. The topological polar surface area (TPSA) is 95.9 Å². The number of hydrogen-bond donors (Lipinski definition) is 2. The van der Waals surface area contributed by atoms with Crippen LogP contribution in [0.25, 0.3) is 0 Å². The molecular formula is C20H24N2O5S. The molecule has 0 aromatic heterocycles. The van der Waals surface area contributed by atoms with Gasteiger partial charge in [0.2, 0.25) is 0 Å². The largest absolute Gasteiger partial charge is 0.445 e. The Bertz CT molecular complexity index is 888. The van der Waals surface area contributed by atoms with Crippen LogP contribution < -0.4 is 5.32 Å². The molecule has 2 aromatic carbocycles. The van der Waals surface area contributed by atoms with Crippen LogP contribution in [0.15, 0.2) is 59.5 Å². The summed E-state index contributed by atoms with van der Waals surface area (Å²) in [5.41, 5.74) is 1.98. The van der Waals surface area contributed by atoms with Gasteiger partial charge in [-0.25, -0.2) is 4.79 Å². The standard InChI is InChI=1S/C13H16N2O2.C7H8O3S/c16-13(15-7-11-6-14-12(11)8-15)17-9-10-4-2-1-3-5-10;1-6-2-4-7(5-3-6)11(8,9)10/h1-5,11-12,14H,6-9H2;2-5H,1H3,(H,8,9,10)/t11-,12+;/m0./s1. The lowest BCUT2D eigenvalue weighted by atomic mass is 9.96. The van der Waals surface area contributed by atoms with Crippen molar-refractivity contribution in [1.29, 1.82) is 0 Å². The molecule has 2 aromatic rings. The minimum absolute atomic E-state index is 0.0666. The average molecular weight is 404 g/mol. The average Bonchev–Trinajstić information content (AvgIpc) is 2.95. The van der Waals surface area contributed by atoms with Crippen LogP contribution in [0.4, 0.5) is 4.79 Å². The number of benzene rings is 2. The van der Waals surface area contributed by atoms with Crippen molar-refractivity contribution in [2.75, 3.05) is 19.6 Å². The lowest BCUT2D eigenvalue weighted by Crippen LogP contribution is -2.51. The Labute approximate surface area is 165 Å². The number of likely N-dealkylation sites (tertiary alicyclic amines) is 1. The van der Waals surface area contributed by atoms with Crippen LogP contribution in [0.3, 0.4) is 0 Å². The maximum Gasteiger partial charge on any atom is 0.410 e. The van der Waals surface area contributed by atoms with E-state index in [1.807, 2.05) is 37.3 Å². The van der Waals surface area contributed by atoms with E-state index in [0.29, 0.717) is 18.6 Å². The number of fused-ring (bicyclic) bond motifs is 1. The molecule has 7 nitrogen and oxygen atoms in total. The van der Waals surface area contributed by atoms with E-state index in [1.165, 1.54) is 12.1 Å². The van der Waals surface area contributed by atoms with Crippen LogP contribution in [-0.2, 0) is 21.5 Å². The first kappa shape index (κ1) is 20.3. The van der Waals surface area contributed by atoms with Crippen molar-refractivity contribution in [3.8, 4) is 0 Å². The van der Waals surface area contributed by atoms with Gasteiger partial charge >= 0.3 is 6.09 Å². The van der Waals surface area contributed by atoms with Gasteiger partial charge in [0, 0.05) is 31.6 Å². The molecule has 4 rings (SSSR count). The molecular weight excluding hydrogens is 380 g/mol. The number of hydrogen-bond acceptors (Lipinski definition) is 5. The zero-order chi connectivity index (χ0) is 20.1. The molecule has 2 fully saturated rings. The molecule has 0 saturated carbocycles. The number of amides is 1. The molecule has 2 aliphatic heterocycles. The van der Waals surface area contributed by atoms with E-state index in [2.05, 4.69) is 5.32 Å². The van der Waals surface area contributed by atoms with E-state index in [-0.39, 0.29) is 11.0 Å². The van der Waals surface area contributed by atoms with Crippen molar-refractivity contribution in [2.45, 2.75) is 24.5 Å². The second-order valence-electron chi connectivity index (χ2n) is 7.01. The Morgan fingerprint density at radius 3 is 2.32 bits per heavy atom. The molecule has 2 aliphatic rings. The van der Waals surface area contributed by atoms with Crippen LogP contribution >= 0.6 is 0 Å². The number of nitrogens with one attached hydrogen (secondary N) is 1. The molecule has 0 aliphatic carbocycles. The summed E-state index contributed by atoms with van der Waals surface area (Å²) in [6.45, 7) is 4.86. The Morgan fingerprint density at radius 2 is 1.82 bits per heavy atom. The summed E-state index contributed by atoms with van der Waals surface area (Å²) < 4.78 is 34.8. The fraction of sp³-hybridized carbons (Fsp3) is 0.350. The van der Waals surface area contributed by atoms with E-state index < -0.39 is 10.1 Å². The van der Waals surface area contributed by atoms with Gasteiger partial charge in [-0.2, -0.15) is 8.42 Å². The van der Waals surface area contributed by atoms with Crippen LogP contribution in [-0.4, -0.2) is 49.6 Å². The van der Waals surface area contributed by atoms with Crippen molar-refractivity contribution in [3.05, 3.63) is 65.7 Å². The maximum absolute atomic E-state index is 11.8. The second-order valence-corrected chi connectivity index (χ2v) is 8.43. The highest BCUT2D eigenvalue weighted by Crippen LogP contribution is 2.23. The fourth-order valence-electron chi connectivity index (χ4n) is 3.12. The molecule has 28 heavy (non-hydrogen) atoms. The summed E-state index contributed by atoms with van der Waals surface area (Å²) in [6, 6.07) is 16.3. The lowest BCUT2D eigenvalue weighted by Gasteiger charge is -2.29. The molecule has 0 spiro atoms. The zero-order valence-electron chi connectivity index (χ0n) is 15.6. The number of carbonyl (C=O) groups excluding carboxylic acids is 1. The molecule has 1 amide bonds. The van der Waals surface area contributed by atoms with Gasteiger partial charge < -0.3 is 15.0 Å². The van der Waals surface area contributed by atoms with E-state index >= 15 is 0 Å². The number of carbonyl (C=O) groups is 1. The molecule has 2 N–H and O–H groups in total. The minimum Gasteiger partial charge on any atom is -0.445 e. The normalized spacial score (nSPS) is 20.4. The first-order valence-corrected chi connectivity index (χ1v) is 10.5. The summed E-state index contributed by atoms with van der Waals surface area (Å²) in [6.07, 6.45) is -0.190. The van der Waals surface area contributed by atoms with Crippen LogP contribution in [0.1, 0.15) is 11.1 Å². The minimum atomic E-state index is -4.02. The number of nitrogens with zero attached hydrogens (tertiary/aromatic N) is 1. The van der Waals surface area contributed by atoms with Gasteiger partial charge in [-0.3, -0.25) is 4.55 Å². The van der Waals surface area contributed by atoms with Gasteiger partial charge in [-0.05, 0) is 24.6 Å². The first-order valence-electron chi connectivity index (χ1n) is 9.06. The van der Waals surface area contributed by atoms with Gasteiger partial charge in [0.05, 0.1) is 4.90 Å². The summed E-state index contributed by atoms with van der Waals surface area (Å²) in [5, 5.41) is 3.32. The predicted octanol–water partition coefficient (Wildman–Crippen LogP) is 2.47. The molecule has 0 radical (unpaired) electrons. The molecule has 2 atom stereocenters. The van der Waals surface area contributed by atoms with Gasteiger partial charge in [0.25, 0.3) is 10.1 Å². The smallest absolute Gasteiger partial charge is 0.410 e. The van der Waals surface area contributed by atoms with Crippen LogP contribution in [0.5, 0.6) is 0 Å². The summed E-state index contributed by atoms with van der Waals surface area (Å²) >= 11 is 0. The van der Waals surface area contributed by atoms with Crippen molar-refractivity contribution in [3.63, 3.8) is 0 Å². The summed E-state index contributed by atoms with van der Waals surface area (Å²) in [7, 11) is -4.02. The quantitative estimate of drug-likeness (QED) is 0.763. The van der Waals surface area contributed by atoms with E-state index in [0.717, 1.165) is 30.8 Å². The number of rotatable bonds is 3. The van der Waals surface area contributed by atoms with Crippen molar-refractivity contribution in [1.82, 2.24) is 10.2 Å². The van der Waals surface area contributed by atoms with E-state index in [1.54, 1.807) is 17.0 Å². The molecule has 2 saturated heterocycles. The monoisotopic (exact) mass is 404 g/mol. The SMILES string of the molecule is Cc1ccc(S(=O)(=O)O)cc1.O=C(OCc1ccccc1)N1C[C@@H]2CN[C@@H]2C1. The zero-order valence-corrected chi connectivity index (χ0v) is 16.4. The Hall–Kier alpha value is -2.42. The summed E-state index contributed by atoms with van der Waals surface area (Å²) in [4.78, 5) is 13.6. The Kier molecular flexibility index (Phi) is 6.33. The van der Waals surface area contributed by atoms with Gasteiger partial charge in [0.1, 0.15) is 6.61 Å². The maximum atomic E-state index is 11.8. The predicted molar refractivity (Wildman–Crippen MR) is 104 cm³/mol. The third-order valence-electron chi connectivity index (χ3n) is 4.87. The van der Waals surface area contributed by atoms with Crippen molar-refractivity contribution < 1.29 is 22.5 Å². The highest BCUT2D eigenvalue weighted by molar-refractivity contribution is 7.85. The van der Waals surface area contributed by atoms with Crippen LogP contribution in [0, 0.1) is 12.8 Å². The molecule has 8 heteroatoms. The van der Waals surface area contributed by atoms with Gasteiger partial charge in [0.15, 0.2) is 0 Å². The first-order chi connectivity index (χ1) is 13.3. The number of ether oxygens (including phenoxy) is 1. The van der Waals surface area contributed by atoms with Gasteiger partial charge in [-0.15, -0.1) is 0 Å². The third-order valence-corrected chi connectivity index (χ3v) is 5.73. The lowest BCUT2D eigenvalue weighted by molar-refractivity contribution is 0.103. The summed E-state index contributed by atoms with van der Waals surface area (Å²) in [5.74, 6) is 0.638. The Morgan fingerprint density at radius 1 is 1.14 bits per heavy atom. The highest BCUT2D eigenvalue weighted by atomic mass is 32.2. The second kappa shape index (κ2) is 8.72.